The summed E-state index contributed by atoms with van der Waals surface area (Å²) in [5.41, 5.74) is 0. The van der Waals surface area contributed by atoms with Crippen molar-refractivity contribution in [3.8, 4) is 0 Å². The third-order valence-corrected chi connectivity index (χ3v) is 0. The first-order chi connectivity index (χ1) is 1.73. The van der Waals surface area contributed by atoms with Gasteiger partial charge in [0.25, 0.3) is 0 Å². The zero-order valence-corrected chi connectivity index (χ0v) is 8.81. The molecule has 0 saturated carbocycles. The summed E-state index contributed by atoms with van der Waals surface area (Å²) in [6.45, 7) is 0. The molecule has 0 heterocycles. The Morgan fingerprint density at radius 1 is 1.00 bits per heavy atom. The molecule has 0 unspecified atom stereocenters. The van der Waals surface area contributed by atoms with Crippen molar-refractivity contribution in [1.29, 1.82) is 0 Å². The van der Waals surface area contributed by atoms with E-state index in [-0.39, 0.29) is 25.5 Å². The number of hydrogen-bond donors (Lipinski definition) is 0. The van der Waals surface area contributed by atoms with Gasteiger partial charge in [-0.25, -0.2) is 0 Å². The Kier molecular flexibility index (Phi) is 13.6. The van der Waals surface area contributed by atoms with Crippen LogP contribution in [0, 0.1) is 0 Å². The summed E-state index contributed by atoms with van der Waals surface area (Å²) in [5.74, 6) is 0. The summed E-state index contributed by atoms with van der Waals surface area (Å²) in [5, 5.41) is 0. The van der Waals surface area contributed by atoms with Crippen LogP contribution in [0.25, 0.3) is 0 Å². The molecule has 37 valence electrons. The van der Waals surface area contributed by atoms with Gasteiger partial charge in [0, 0.05) is 17.1 Å². The molecule has 0 aromatic heterocycles. The largest absolute Gasteiger partial charge is 0 e. The van der Waals surface area contributed by atoms with Crippen molar-refractivity contribution in [2.75, 3.05) is 0 Å². The predicted octanol–water partition coefficient (Wildman–Crippen LogP) is 2.53. The van der Waals surface area contributed by atoms with Crippen LogP contribution in [0.1, 0.15) is 0 Å². The minimum Gasteiger partial charge on any atom is 0 e. The molecule has 0 amide bonds. The molecule has 0 fully saturated rings. The molecule has 0 spiro atoms. The van der Waals surface area contributed by atoms with Crippen LogP contribution in [-0.4, -0.2) is 0 Å². The Balaban J connectivity index is 0. The first kappa shape index (κ1) is 10.5. The summed E-state index contributed by atoms with van der Waals surface area (Å²) >= 11 is 9.56. The standard InChI is InChI=1S/3BrH.2Fe/h3*1H;;/q;;;;+3/p-3. The third-order valence-electron chi connectivity index (χ3n) is 0. The molecule has 0 aromatic carbocycles. The Morgan fingerprint density at radius 2 is 1.00 bits per heavy atom. The van der Waals surface area contributed by atoms with Crippen LogP contribution in [0.4, 0.5) is 0 Å². The van der Waals surface area contributed by atoms with Crippen molar-refractivity contribution in [1.82, 2.24) is 0 Å². The number of halogens is 3. The summed E-state index contributed by atoms with van der Waals surface area (Å²) in [7, 11) is -0.312. The van der Waals surface area contributed by atoms with E-state index < -0.39 is 0 Å². The molecule has 0 aliphatic rings. The molecule has 0 rings (SSSR count). The molecule has 0 atom stereocenters. The molecular weight excluding hydrogens is 351 g/mol. The van der Waals surface area contributed by atoms with Gasteiger partial charge in [0.1, 0.15) is 0 Å². The van der Waals surface area contributed by atoms with Crippen molar-refractivity contribution < 1.29 is 25.5 Å². The third kappa shape index (κ3) is 21.2. The van der Waals surface area contributed by atoms with Gasteiger partial charge in [0.05, 0.1) is 0 Å². The van der Waals surface area contributed by atoms with Gasteiger partial charge in [-0.2, -0.15) is 0 Å². The quantitative estimate of drug-likeness (QED) is 0.589. The van der Waals surface area contributed by atoms with Gasteiger partial charge in [-0.05, 0) is 0 Å². The predicted molar refractivity (Wildman–Crippen MR) is 26.8 cm³/mol. The molecule has 0 radical (unpaired) electrons. The number of rotatable bonds is 0. The van der Waals surface area contributed by atoms with Crippen LogP contribution in [0.3, 0.4) is 0 Å². The Morgan fingerprint density at radius 3 is 1.00 bits per heavy atom. The first-order valence-electron chi connectivity index (χ1n) is 0.401. The molecule has 0 nitrogen and oxygen atoms in total. The van der Waals surface area contributed by atoms with Gasteiger partial charge in [-0.3, -0.25) is 0 Å². The molecule has 0 aliphatic heterocycles. The molecule has 5 heavy (non-hydrogen) atoms. The van der Waals surface area contributed by atoms with Crippen LogP contribution in [0.5, 0.6) is 0 Å². The van der Waals surface area contributed by atoms with Gasteiger partial charge in [0.15, 0.2) is 0 Å². The van der Waals surface area contributed by atoms with Crippen LogP contribution < -0.4 is 0 Å². The average molecular weight is 351 g/mol. The van der Waals surface area contributed by atoms with Crippen LogP contribution in [-0.2, 0) is 25.5 Å². The van der Waals surface area contributed by atoms with Gasteiger partial charge in [-0.15, -0.1) is 0 Å². The molecule has 0 bridgehead atoms. The van der Waals surface area contributed by atoms with Gasteiger partial charge >= 0.3 is 50.8 Å². The fourth-order valence-electron chi connectivity index (χ4n) is 0. The molecule has 0 N–H and O–H groups in total. The smallest absolute Gasteiger partial charge is 0 e. The Bertz CT molecular complexity index is 9.61. The van der Waals surface area contributed by atoms with Crippen molar-refractivity contribution in [2.24, 2.45) is 0 Å². The zero-order chi connectivity index (χ0) is 3.58. The van der Waals surface area contributed by atoms with Crippen molar-refractivity contribution in [3.05, 3.63) is 0 Å². The molecule has 0 aromatic rings. The summed E-state index contributed by atoms with van der Waals surface area (Å²) < 4.78 is 0. The van der Waals surface area contributed by atoms with Crippen LogP contribution >= 0.6 is 42.3 Å². The van der Waals surface area contributed by atoms with E-state index in [4.69, 9.17) is 0 Å². The van der Waals surface area contributed by atoms with E-state index in [9.17, 15) is 0 Å². The van der Waals surface area contributed by atoms with Gasteiger partial charge < -0.3 is 0 Å². The van der Waals surface area contributed by atoms with E-state index in [0.29, 0.717) is 0 Å². The summed E-state index contributed by atoms with van der Waals surface area (Å²) in [6, 6.07) is 0. The topological polar surface area (TPSA) is 0 Å². The SMILES string of the molecule is [Br][Fe]([Br])[Br].[Fe]. The second kappa shape index (κ2) is 6.48. The molecule has 0 saturated heterocycles. The van der Waals surface area contributed by atoms with Crippen LogP contribution in [0.15, 0.2) is 0 Å². The first-order valence-corrected chi connectivity index (χ1v) is 8.59. The maximum atomic E-state index is 3.19. The van der Waals surface area contributed by atoms with Crippen molar-refractivity contribution in [3.63, 3.8) is 0 Å². The minimum atomic E-state index is -0.312. The van der Waals surface area contributed by atoms with E-state index in [1.54, 1.807) is 0 Å². The molecule has 0 aliphatic carbocycles. The van der Waals surface area contributed by atoms with E-state index in [1.807, 2.05) is 0 Å². The van der Waals surface area contributed by atoms with E-state index in [0.717, 1.165) is 0 Å². The Hall–Kier alpha value is 2.48. The minimum absolute atomic E-state index is 0. The van der Waals surface area contributed by atoms with Crippen LogP contribution in [0.2, 0.25) is 0 Å². The van der Waals surface area contributed by atoms with E-state index in [2.05, 4.69) is 42.3 Å². The average Bonchev–Trinajstić information content (AvgIpc) is 0.811. The number of hydrogen-bond acceptors (Lipinski definition) is 0. The maximum Gasteiger partial charge on any atom is 0 e. The fraction of sp³-hybridized carbons (Fsp3) is 0. The van der Waals surface area contributed by atoms with Crippen molar-refractivity contribution >= 4 is 42.3 Å². The summed E-state index contributed by atoms with van der Waals surface area (Å²) in [6.07, 6.45) is 0. The summed E-state index contributed by atoms with van der Waals surface area (Å²) in [4.78, 5) is 0. The van der Waals surface area contributed by atoms with Crippen molar-refractivity contribution in [2.45, 2.75) is 0 Å². The van der Waals surface area contributed by atoms with E-state index in [1.165, 1.54) is 0 Å². The fourth-order valence-corrected chi connectivity index (χ4v) is 0. The van der Waals surface area contributed by atoms with E-state index >= 15 is 0 Å². The van der Waals surface area contributed by atoms with Gasteiger partial charge in [0.2, 0.25) is 0 Å². The second-order valence-electron chi connectivity index (χ2n) is 0.152. The Labute approximate surface area is 66.9 Å². The maximum absolute atomic E-state index is 3.19. The molecular formula is Br3Fe2. The van der Waals surface area contributed by atoms with Gasteiger partial charge in [-0.1, -0.05) is 0 Å². The normalized spacial score (nSPS) is 9.00. The second-order valence-corrected chi connectivity index (χ2v) is 16.9. The zero-order valence-electron chi connectivity index (χ0n) is 1.84. The molecule has 5 heteroatoms. The monoisotopic (exact) mass is 349 g/mol.